The lowest BCUT2D eigenvalue weighted by atomic mass is 10.1. The second-order valence-corrected chi connectivity index (χ2v) is 3.99. The average Bonchev–Trinajstić information content (AvgIpc) is 2.41. The third-order valence-electron chi connectivity index (χ3n) is 2.53. The molecule has 0 aliphatic heterocycles. The van der Waals surface area contributed by atoms with Gasteiger partial charge in [-0.3, -0.25) is 4.79 Å². The number of aromatic nitrogens is 1. The summed E-state index contributed by atoms with van der Waals surface area (Å²) >= 11 is 0. The maximum Gasteiger partial charge on any atom is 0.256 e. The Bertz CT molecular complexity index is 632. The van der Waals surface area contributed by atoms with Gasteiger partial charge in [0.2, 0.25) is 5.95 Å². The molecule has 0 aliphatic carbocycles. The highest BCUT2D eigenvalue weighted by Crippen LogP contribution is 2.22. The molecule has 0 radical (unpaired) electrons. The number of carbonyl (C=O) groups excluding carboxylic acids is 1. The largest absolute Gasteiger partial charge is 0.492 e. The van der Waals surface area contributed by atoms with Gasteiger partial charge in [0, 0.05) is 5.56 Å². The minimum absolute atomic E-state index is 0.141. The fourth-order valence-electron chi connectivity index (χ4n) is 1.64. The number of ether oxygens (including phenoxy) is 1. The fourth-order valence-corrected chi connectivity index (χ4v) is 1.64. The first-order chi connectivity index (χ1) is 9.60. The standard InChI is InChI=1S/C14H14FN3O2/c1-2-20-11-7-6-9(8-10(11)16)14(19)18-13-5-3-4-12(15)17-13/h3-8H,2,16H2,1H3,(H,17,18,19). The molecule has 6 heteroatoms. The van der Waals surface area contributed by atoms with Gasteiger partial charge in [-0.25, -0.2) is 4.98 Å². The lowest BCUT2D eigenvalue weighted by Gasteiger charge is -2.09. The van der Waals surface area contributed by atoms with E-state index in [1.54, 1.807) is 12.1 Å². The Kier molecular flexibility index (Phi) is 4.14. The van der Waals surface area contributed by atoms with Gasteiger partial charge < -0.3 is 15.8 Å². The molecule has 1 aromatic carbocycles. The summed E-state index contributed by atoms with van der Waals surface area (Å²) in [5.74, 6) is -0.415. The number of halogens is 1. The van der Waals surface area contributed by atoms with E-state index in [1.807, 2.05) is 6.92 Å². The average molecular weight is 275 g/mol. The number of pyridine rings is 1. The number of amides is 1. The lowest BCUT2D eigenvalue weighted by Crippen LogP contribution is -2.13. The first-order valence-electron chi connectivity index (χ1n) is 6.06. The maximum absolute atomic E-state index is 12.9. The van der Waals surface area contributed by atoms with Crippen molar-refractivity contribution in [1.82, 2.24) is 4.98 Å². The Hall–Kier alpha value is -2.63. The van der Waals surface area contributed by atoms with Crippen molar-refractivity contribution in [3.8, 4) is 5.75 Å². The molecule has 0 bridgehead atoms. The number of nitrogens with zero attached hydrogens (tertiary/aromatic N) is 1. The monoisotopic (exact) mass is 275 g/mol. The van der Waals surface area contributed by atoms with Crippen LogP contribution in [0.25, 0.3) is 0 Å². The molecule has 3 N–H and O–H groups in total. The quantitative estimate of drug-likeness (QED) is 0.663. The topological polar surface area (TPSA) is 77.2 Å². The minimum atomic E-state index is -0.658. The normalized spacial score (nSPS) is 10.1. The van der Waals surface area contributed by atoms with E-state index < -0.39 is 11.9 Å². The molecular weight excluding hydrogens is 261 g/mol. The molecule has 5 nitrogen and oxygen atoms in total. The molecule has 0 saturated heterocycles. The van der Waals surface area contributed by atoms with Crippen molar-refractivity contribution in [3.63, 3.8) is 0 Å². The number of hydrogen-bond donors (Lipinski definition) is 2. The molecule has 0 atom stereocenters. The summed E-state index contributed by atoms with van der Waals surface area (Å²) in [5, 5.41) is 2.49. The van der Waals surface area contributed by atoms with Crippen molar-refractivity contribution in [1.29, 1.82) is 0 Å². The van der Waals surface area contributed by atoms with Crippen LogP contribution in [0, 0.1) is 5.95 Å². The van der Waals surface area contributed by atoms with Crippen LogP contribution < -0.4 is 15.8 Å². The molecule has 0 saturated carbocycles. The molecule has 2 rings (SSSR count). The van der Waals surface area contributed by atoms with Crippen LogP contribution in [0.15, 0.2) is 36.4 Å². The Morgan fingerprint density at radius 3 is 2.85 bits per heavy atom. The van der Waals surface area contributed by atoms with E-state index in [0.29, 0.717) is 23.6 Å². The molecular formula is C14H14FN3O2. The Morgan fingerprint density at radius 1 is 1.40 bits per heavy atom. The van der Waals surface area contributed by atoms with E-state index in [1.165, 1.54) is 24.3 Å². The van der Waals surface area contributed by atoms with Gasteiger partial charge in [0.1, 0.15) is 11.6 Å². The van der Waals surface area contributed by atoms with Crippen molar-refractivity contribution in [2.24, 2.45) is 0 Å². The number of nitrogens with two attached hydrogens (primary N) is 1. The van der Waals surface area contributed by atoms with Gasteiger partial charge in [-0.05, 0) is 37.3 Å². The number of benzene rings is 1. The number of nitrogen functional groups attached to an aromatic ring is 1. The molecule has 1 amide bonds. The van der Waals surface area contributed by atoms with Crippen molar-refractivity contribution in [3.05, 3.63) is 47.9 Å². The van der Waals surface area contributed by atoms with Gasteiger partial charge in [-0.1, -0.05) is 6.07 Å². The van der Waals surface area contributed by atoms with Gasteiger partial charge in [0.25, 0.3) is 5.91 Å². The summed E-state index contributed by atoms with van der Waals surface area (Å²) in [6.45, 7) is 2.33. The molecule has 1 aromatic heterocycles. The summed E-state index contributed by atoms with van der Waals surface area (Å²) in [7, 11) is 0. The van der Waals surface area contributed by atoms with Crippen LogP contribution in [0.1, 0.15) is 17.3 Å². The number of rotatable bonds is 4. The van der Waals surface area contributed by atoms with E-state index in [2.05, 4.69) is 10.3 Å². The third-order valence-corrected chi connectivity index (χ3v) is 2.53. The third kappa shape index (κ3) is 3.23. The summed E-state index contributed by atoms with van der Waals surface area (Å²) < 4.78 is 18.2. The highest BCUT2D eigenvalue weighted by molar-refractivity contribution is 6.04. The smallest absolute Gasteiger partial charge is 0.256 e. The highest BCUT2D eigenvalue weighted by atomic mass is 19.1. The van der Waals surface area contributed by atoms with Crippen molar-refractivity contribution >= 4 is 17.4 Å². The predicted octanol–water partition coefficient (Wildman–Crippen LogP) is 2.45. The first-order valence-corrected chi connectivity index (χ1v) is 6.06. The van der Waals surface area contributed by atoms with E-state index in [0.717, 1.165) is 0 Å². The molecule has 0 unspecified atom stereocenters. The molecule has 0 aliphatic rings. The van der Waals surface area contributed by atoms with Gasteiger partial charge in [-0.2, -0.15) is 4.39 Å². The van der Waals surface area contributed by atoms with Crippen molar-refractivity contribution in [2.75, 3.05) is 17.7 Å². The summed E-state index contributed by atoms with van der Waals surface area (Å²) in [4.78, 5) is 15.5. The molecule has 0 fully saturated rings. The van der Waals surface area contributed by atoms with Gasteiger partial charge in [0.05, 0.1) is 12.3 Å². The molecule has 0 spiro atoms. The first kappa shape index (κ1) is 13.8. The van der Waals surface area contributed by atoms with Crippen LogP contribution in [-0.2, 0) is 0 Å². The zero-order valence-corrected chi connectivity index (χ0v) is 10.9. The molecule has 20 heavy (non-hydrogen) atoms. The number of nitrogens with one attached hydrogen (secondary N) is 1. The van der Waals surface area contributed by atoms with Crippen molar-refractivity contribution < 1.29 is 13.9 Å². The maximum atomic E-state index is 12.9. The second-order valence-electron chi connectivity index (χ2n) is 3.99. The zero-order valence-electron chi connectivity index (χ0n) is 10.9. The Morgan fingerprint density at radius 2 is 2.20 bits per heavy atom. The van der Waals surface area contributed by atoms with Crippen LogP contribution in [0.4, 0.5) is 15.9 Å². The van der Waals surface area contributed by atoms with Crippen LogP contribution >= 0.6 is 0 Å². The summed E-state index contributed by atoms with van der Waals surface area (Å²) in [5.41, 5.74) is 6.49. The van der Waals surface area contributed by atoms with E-state index >= 15 is 0 Å². The van der Waals surface area contributed by atoms with E-state index in [4.69, 9.17) is 10.5 Å². The van der Waals surface area contributed by atoms with Crippen LogP contribution in [0.5, 0.6) is 5.75 Å². The number of anilines is 2. The van der Waals surface area contributed by atoms with E-state index in [9.17, 15) is 9.18 Å². The zero-order chi connectivity index (χ0) is 14.5. The second kappa shape index (κ2) is 6.01. The predicted molar refractivity (Wildman–Crippen MR) is 74.2 cm³/mol. The number of carbonyl (C=O) groups is 1. The van der Waals surface area contributed by atoms with Gasteiger partial charge in [0.15, 0.2) is 0 Å². The van der Waals surface area contributed by atoms with Crippen LogP contribution in [-0.4, -0.2) is 17.5 Å². The minimum Gasteiger partial charge on any atom is -0.492 e. The van der Waals surface area contributed by atoms with Crippen molar-refractivity contribution in [2.45, 2.75) is 6.92 Å². The summed E-state index contributed by atoms with van der Waals surface area (Å²) in [6, 6.07) is 8.86. The number of hydrogen-bond acceptors (Lipinski definition) is 4. The Labute approximate surface area is 115 Å². The van der Waals surface area contributed by atoms with Crippen LogP contribution in [0.3, 0.4) is 0 Å². The van der Waals surface area contributed by atoms with Gasteiger partial charge in [-0.15, -0.1) is 0 Å². The molecule has 1 heterocycles. The lowest BCUT2D eigenvalue weighted by molar-refractivity contribution is 0.102. The van der Waals surface area contributed by atoms with Crippen LogP contribution in [0.2, 0.25) is 0 Å². The SMILES string of the molecule is CCOc1ccc(C(=O)Nc2cccc(F)n2)cc1N. The van der Waals surface area contributed by atoms with E-state index in [-0.39, 0.29) is 5.82 Å². The molecule has 104 valence electrons. The highest BCUT2D eigenvalue weighted by Gasteiger charge is 2.10. The Balaban J connectivity index is 2.15. The fraction of sp³-hybridized carbons (Fsp3) is 0.143. The van der Waals surface area contributed by atoms with Gasteiger partial charge >= 0.3 is 0 Å². The molecule has 2 aromatic rings. The summed E-state index contributed by atoms with van der Waals surface area (Å²) in [6.07, 6.45) is 0.